The van der Waals surface area contributed by atoms with Crippen molar-refractivity contribution in [3.05, 3.63) is 54.4 Å². The molecule has 1 aliphatic rings. The number of rotatable bonds is 9. The van der Waals surface area contributed by atoms with E-state index >= 15 is 0 Å². The fraction of sp³-hybridized carbons (Fsp3) is 0.400. The van der Waals surface area contributed by atoms with Crippen LogP contribution in [0.3, 0.4) is 0 Å². The van der Waals surface area contributed by atoms with Crippen molar-refractivity contribution in [1.29, 1.82) is 0 Å². The number of carbonyl (C=O) groups excluding carboxylic acids is 1. The summed E-state index contributed by atoms with van der Waals surface area (Å²) >= 11 is 0. The second kappa shape index (κ2) is 11.4. The summed E-state index contributed by atoms with van der Waals surface area (Å²) in [6.45, 7) is 5.20. The van der Waals surface area contributed by atoms with E-state index in [0.29, 0.717) is 5.69 Å². The van der Waals surface area contributed by atoms with E-state index in [2.05, 4.69) is 29.0 Å². The minimum absolute atomic E-state index is 0.0388. The molecule has 3 heterocycles. The Morgan fingerprint density at radius 1 is 1.11 bits per heavy atom. The number of morpholine rings is 1. The van der Waals surface area contributed by atoms with Gasteiger partial charge in [0.25, 0.3) is 10.0 Å². The third-order valence-corrected chi connectivity index (χ3v) is 6.95. The van der Waals surface area contributed by atoms with E-state index in [1.807, 2.05) is 42.5 Å². The molecule has 4 rings (SSSR count). The van der Waals surface area contributed by atoms with Crippen LogP contribution >= 0.6 is 0 Å². The number of hydrogen-bond donors (Lipinski definition) is 2. The molecule has 198 valence electrons. The summed E-state index contributed by atoms with van der Waals surface area (Å²) in [4.78, 5) is 23.7. The minimum Gasteiger partial charge on any atom is -0.372 e. The van der Waals surface area contributed by atoms with Crippen LogP contribution in [0, 0.1) is 0 Å². The van der Waals surface area contributed by atoms with Crippen LogP contribution in [0.4, 0.5) is 14.6 Å². The Balaban J connectivity index is 1.43. The van der Waals surface area contributed by atoms with Crippen LogP contribution in [-0.2, 0) is 26.0 Å². The Morgan fingerprint density at radius 3 is 2.59 bits per heavy atom. The van der Waals surface area contributed by atoms with Crippen molar-refractivity contribution in [2.24, 2.45) is 0 Å². The van der Waals surface area contributed by atoms with Gasteiger partial charge in [-0.15, -0.1) is 0 Å². The predicted octanol–water partition coefficient (Wildman–Crippen LogP) is 2.71. The van der Waals surface area contributed by atoms with Crippen molar-refractivity contribution in [3.63, 3.8) is 0 Å². The SMILES string of the molecule is C[C@@H]1CN(c2cccc(-c3ccc4cnc(CC(=O)NCCNS(=O)(=O)C(F)F)cc4c3)n2)C[C@H](C)O1. The first-order chi connectivity index (χ1) is 17.6. The van der Waals surface area contributed by atoms with Gasteiger partial charge in [0.1, 0.15) is 5.82 Å². The highest BCUT2D eigenvalue weighted by Gasteiger charge is 2.24. The van der Waals surface area contributed by atoms with Gasteiger partial charge in [0, 0.05) is 43.3 Å². The van der Waals surface area contributed by atoms with Gasteiger partial charge in [-0.1, -0.05) is 18.2 Å². The number of ether oxygens (including phenoxy) is 1. The molecule has 12 heteroatoms. The highest BCUT2D eigenvalue weighted by molar-refractivity contribution is 7.89. The van der Waals surface area contributed by atoms with Gasteiger partial charge in [-0.3, -0.25) is 9.78 Å². The van der Waals surface area contributed by atoms with E-state index in [1.165, 1.54) is 0 Å². The Hall–Kier alpha value is -3.22. The monoisotopic (exact) mass is 533 g/mol. The number of carbonyl (C=O) groups is 1. The van der Waals surface area contributed by atoms with Crippen molar-refractivity contribution >= 4 is 32.5 Å². The van der Waals surface area contributed by atoms with E-state index in [-0.39, 0.29) is 31.7 Å². The lowest BCUT2D eigenvalue weighted by Crippen LogP contribution is -2.45. The summed E-state index contributed by atoms with van der Waals surface area (Å²) < 4.78 is 54.3. The molecule has 2 N–H and O–H groups in total. The maximum Gasteiger partial charge on any atom is 0.350 e. The molecule has 1 aromatic carbocycles. The molecule has 1 aliphatic heterocycles. The van der Waals surface area contributed by atoms with Crippen molar-refractivity contribution in [3.8, 4) is 11.3 Å². The number of hydrogen-bond acceptors (Lipinski definition) is 7. The van der Waals surface area contributed by atoms with Crippen molar-refractivity contribution in [1.82, 2.24) is 20.0 Å². The zero-order chi connectivity index (χ0) is 26.6. The molecule has 0 unspecified atom stereocenters. The molecule has 9 nitrogen and oxygen atoms in total. The third-order valence-electron chi connectivity index (χ3n) is 5.88. The van der Waals surface area contributed by atoms with E-state index in [9.17, 15) is 22.0 Å². The van der Waals surface area contributed by atoms with Crippen LogP contribution in [0.15, 0.2) is 48.7 Å². The van der Waals surface area contributed by atoms with Crippen molar-refractivity contribution in [2.75, 3.05) is 31.1 Å². The molecule has 0 saturated carbocycles. The standard InChI is InChI=1S/C25H29F2N5O4S/c1-16-14-32(15-17(2)36-16)23-5-3-4-22(31-23)18-6-7-19-13-29-21(11-20(19)10-18)12-24(33)28-8-9-30-37(34,35)25(26)27/h3-7,10-11,13,16-17,25,30H,8-9,12,14-15H2,1-2H3,(H,28,33)/t16-,17+. The van der Waals surface area contributed by atoms with E-state index in [0.717, 1.165) is 40.9 Å². The number of alkyl halides is 2. The zero-order valence-electron chi connectivity index (χ0n) is 20.5. The van der Waals surface area contributed by atoms with Gasteiger partial charge < -0.3 is 15.0 Å². The van der Waals surface area contributed by atoms with Crippen LogP contribution in [0.25, 0.3) is 22.0 Å². The quantitative estimate of drug-likeness (QED) is 0.407. The summed E-state index contributed by atoms with van der Waals surface area (Å²) in [5.41, 5.74) is 2.28. The highest BCUT2D eigenvalue weighted by atomic mass is 32.2. The molecule has 0 radical (unpaired) electrons. The molecule has 3 aromatic rings. The maximum absolute atomic E-state index is 12.3. The summed E-state index contributed by atoms with van der Waals surface area (Å²) in [5, 5.41) is 4.29. The van der Waals surface area contributed by atoms with E-state index in [1.54, 1.807) is 10.9 Å². The van der Waals surface area contributed by atoms with Gasteiger partial charge in [-0.25, -0.2) is 18.1 Å². The van der Waals surface area contributed by atoms with Crippen LogP contribution < -0.4 is 14.9 Å². The van der Waals surface area contributed by atoms with Gasteiger partial charge >= 0.3 is 5.76 Å². The average Bonchev–Trinajstić information content (AvgIpc) is 2.85. The Kier molecular flexibility index (Phi) is 8.30. The molecule has 0 aliphatic carbocycles. The van der Waals surface area contributed by atoms with Crippen molar-refractivity contribution < 1.29 is 26.7 Å². The molecule has 37 heavy (non-hydrogen) atoms. The molecule has 2 atom stereocenters. The Bertz CT molecular complexity index is 1360. The van der Waals surface area contributed by atoms with Crippen LogP contribution in [0.1, 0.15) is 19.5 Å². The fourth-order valence-corrected chi connectivity index (χ4v) is 4.77. The lowest BCUT2D eigenvalue weighted by atomic mass is 10.0. The number of halogens is 2. The summed E-state index contributed by atoms with van der Waals surface area (Å²) in [5.74, 6) is -3.02. The largest absolute Gasteiger partial charge is 0.372 e. The number of sulfonamides is 1. The average molecular weight is 534 g/mol. The normalized spacial score (nSPS) is 18.4. The van der Waals surface area contributed by atoms with Gasteiger partial charge in [0.15, 0.2) is 0 Å². The van der Waals surface area contributed by atoms with Crippen molar-refractivity contribution in [2.45, 2.75) is 38.2 Å². The fourth-order valence-electron chi connectivity index (χ4n) is 4.25. The van der Waals surface area contributed by atoms with Gasteiger partial charge in [-0.2, -0.15) is 8.78 Å². The number of benzene rings is 1. The van der Waals surface area contributed by atoms with Crippen LogP contribution in [0.5, 0.6) is 0 Å². The zero-order valence-corrected chi connectivity index (χ0v) is 21.3. The summed E-state index contributed by atoms with van der Waals surface area (Å²) in [7, 11) is -4.68. The molecule has 0 bridgehead atoms. The lowest BCUT2D eigenvalue weighted by Gasteiger charge is -2.36. The van der Waals surface area contributed by atoms with Gasteiger partial charge in [0.05, 0.1) is 30.0 Å². The number of pyridine rings is 2. The summed E-state index contributed by atoms with van der Waals surface area (Å²) in [6.07, 6.45) is 1.89. The number of anilines is 1. The van der Waals surface area contributed by atoms with Gasteiger partial charge in [-0.05, 0) is 43.5 Å². The van der Waals surface area contributed by atoms with E-state index in [4.69, 9.17) is 9.72 Å². The van der Waals surface area contributed by atoms with Gasteiger partial charge in [0.2, 0.25) is 5.91 Å². The van der Waals surface area contributed by atoms with Crippen LogP contribution in [0.2, 0.25) is 0 Å². The molecule has 2 aromatic heterocycles. The van der Waals surface area contributed by atoms with E-state index < -0.39 is 21.7 Å². The first-order valence-corrected chi connectivity index (χ1v) is 13.5. The third kappa shape index (κ3) is 6.96. The number of amides is 1. The first-order valence-electron chi connectivity index (χ1n) is 11.9. The molecular weight excluding hydrogens is 504 g/mol. The lowest BCUT2D eigenvalue weighted by molar-refractivity contribution is -0.120. The number of nitrogens with zero attached hydrogens (tertiary/aromatic N) is 3. The smallest absolute Gasteiger partial charge is 0.350 e. The molecule has 1 amide bonds. The maximum atomic E-state index is 12.3. The highest BCUT2D eigenvalue weighted by Crippen LogP contribution is 2.26. The number of aromatic nitrogens is 2. The molecule has 0 spiro atoms. The second-order valence-corrected chi connectivity index (χ2v) is 10.7. The minimum atomic E-state index is -4.68. The molecular formula is C25H29F2N5O4S. The van der Waals surface area contributed by atoms with Crippen LogP contribution in [-0.4, -0.2) is 68.4 Å². The Morgan fingerprint density at radius 2 is 1.86 bits per heavy atom. The molecule has 1 fully saturated rings. The Labute approximate surface area is 214 Å². The topological polar surface area (TPSA) is 114 Å². The number of nitrogens with one attached hydrogen (secondary N) is 2. The molecule has 1 saturated heterocycles. The first kappa shape index (κ1) is 26.8. The number of fused-ring (bicyclic) bond motifs is 1. The second-order valence-electron chi connectivity index (χ2n) is 9.01. The summed E-state index contributed by atoms with van der Waals surface area (Å²) in [6, 6.07) is 13.7. The predicted molar refractivity (Wildman–Crippen MR) is 137 cm³/mol.